The summed E-state index contributed by atoms with van der Waals surface area (Å²) in [6.45, 7) is 5.28. The molecule has 0 aliphatic heterocycles. The van der Waals surface area contributed by atoms with Gasteiger partial charge >= 0.3 is 0 Å². The number of halogens is 1. The predicted octanol–water partition coefficient (Wildman–Crippen LogP) is 7.16. The van der Waals surface area contributed by atoms with E-state index in [1.165, 1.54) is 9.21 Å². The summed E-state index contributed by atoms with van der Waals surface area (Å²) in [6.07, 6.45) is 4.15. The molecule has 1 atom stereocenters. The van der Waals surface area contributed by atoms with Crippen LogP contribution < -0.4 is 9.62 Å². The highest BCUT2D eigenvalue weighted by Crippen LogP contribution is 2.28. The molecule has 1 fully saturated rings. The van der Waals surface area contributed by atoms with Crippen molar-refractivity contribution in [1.29, 1.82) is 0 Å². The van der Waals surface area contributed by atoms with Crippen LogP contribution in [0.3, 0.4) is 0 Å². The van der Waals surface area contributed by atoms with Crippen LogP contribution in [0.4, 0.5) is 5.69 Å². The Morgan fingerprint density at radius 1 is 0.809 bits per heavy atom. The quantitative estimate of drug-likeness (QED) is 0.173. The third-order valence-corrected chi connectivity index (χ3v) is 10.7. The molecule has 7 nitrogen and oxygen atoms in total. The molecule has 4 aromatic rings. The van der Waals surface area contributed by atoms with Crippen molar-refractivity contribution in [2.45, 2.75) is 76.4 Å². The highest BCUT2D eigenvalue weighted by molar-refractivity contribution is 7.92. The minimum Gasteiger partial charge on any atom is -0.352 e. The van der Waals surface area contributed by atoms with Gasteiger partial charge in [-0.1, -0.05) is 90.7 Å². The molecule has 47 heavy (non-hydrogen) atoms. The Morgan fingerprint density at radius 3 is 2.04 bits per heavy atom. The highest BCUT2D eigenvalue weighted by Gasteiger charge is 2.35. The zero-order valence-electron chi connectivity index (χ0n) is 27.2. The van der Waals surface area contributed by atoms with E-state index in [1.807, 2.05) is 69.3 Å². The predicted molar refractivity (Wildman–Crippen MR) is 188 cm³/mol. The second-order valence-corrected chi connectivity index (χ2v) is 14.8. The number of hydrogen-bond acceptors (Lipinski definition) is 4. The lowest BCUT2D eigenvalue weighted by Crippen LogP contribution is -2.54. The van der Waals surface area contributed by atoms with Gasteiger partial charge in [0.1, 0.15) is 12.6 Å². The number of carbonyl (C=O) groups excluding carboxylic acids is 2. The summed E-state index contributed by atoms with van der Waals surface area (Å²) in [4.78, 5) is 30.4. The van der Waals surface area contributed by atoms with E-state index in [0.29, 0.717) is 10.7 Å². The highest BCUT2D eigenvalue weighted by atomic mass is 35.5. The van der Waals surface area contributed by atoms with Crippen molar-refractivity contribution < 1.29 is 18.0 Å². The molecule has 246 valence electrons. The number of nitrogens with one attached hydrogen (secondary N) is 1. The molecule has 1 N–H and O–H groups in total. The topological polar surface area (TPSA) is 86.8 Å². The maximum atomic E-state index is 14.7. The summed E-state index contributed by atoms with van der Waals surface area (Å²) < 4.78 is 29.8. The molecule has 1 aliphatic rings. The second-order valence-electron chi connectivity index (χ2n) is 12.5. The number of benzene rings is 4. The van der Waals surface area contributed by atoms with Crippen molar-refractivity contribution >= 4 is 39.1 Å². The average molecular weight is 672 g/mol. The minimum absolute atomic E-state index is 0.0435. The van der Waals surface area contributed by atoms with E-state index in [1.54, 1.807) is 48.5 Å². The van der Waals surface area contributed by atoms with Crippen LogP contribution in [0.5, 0.6) is 0 Å². The number of amides is 2. The number of anilines is 1. The van der Waals surface area contributed by atoms with Gasteiger partial charge in [-0.15, -0.1) is 0 Å². The van der Waals surface area contributed by atoms with Gasteiger partial charge in [-0.2, -0.15) is 0 Å². The molecule has 5 rings (SSSR count). The Bertz CT molecular complexity index is 1770. The molecule has 0 heterocycles. The summed E-state index contributed by atoms with van der Waals surface area (Å²) in [5.41, 5.74) is 4.71. The van der Waals surface area contributed by atoms with Gasteiger partial charge in [-0.05, 0) is 92.3 Å². The molecule has 0 aromatic heterocycles. The Morgan fingerprint density at radius 2 is 1.43 bits per heavy atom. The summed E-state index contributed by atoms with van der Waals surface area (Å²) in [6, 6.07) is 28.0. The monoisotopic (exact) mass is 671 g/mol. The van der Waals surface area contributed by atoms with Gasteiger partial charge in [-0.25, -0.2) is 8.42 Å². The Balaban J connectivity index is 1.58. The molecule has 1 unspecified atom stereocenters. The molecule has 2 amide bonds. The molecule has 0 bridgehead atoms. The van der Waals surface area contributed by atoms with E-state index in [4.69, 9.17) is 11.6 Å². The van der Waals surface area contributed by atoms with Crippen molar-refractivity contribution in [2.24, 2.45) is 0 Å². The van der Waals surface area contributed by atoms with E-state index in [-0.39, 0.29) is 29.8 Å². The lowest BCUT2D eigenvalue weighted by molar-refractivity contribution is -0.140. The van der Waals surface area contributed by atoms with E-state index >= 15 is 0 Å². The van der Waals surface area contributed by atoms with Crippen LogP contribution in [0.1, 0.15) is 53.5 Å². The lowest BCUT2D eigenvalue weighted by Gasteiger charge is -2.34. The van der Waals surface area contributed by atoms with E-state index in [2.05, 4.69) is 5.32 Å². The van der Waals surface area contributed by atoms with Crippen LogP contribution in [0, 0.1) is 20.8 Å². The number of hydrogen-bond donors (Lipinski definition) is 1. The van der Waals surface area contributed by atoms with Gasteiger partial charge in [0.05, 0.1) is 10.6 Å². The summed E-state index contributed by atoms with van der Waals surface area (Å²) in [5.74, 6) is -0.736. The number of nitrogens with zero attached hydrogens (tertiary/aromatic N) is 2. The SMILES string of the molecule is Cc1ccc(S(=O)(=O)N(CC(=O)N(Cc2ccc(Cl)cc2)C(Cc2ccccc2)C(=O)NC2CCCC2)c2cc(C)cc(C)c2)cc1. The van der Waals surface area contributed by atoms with Gasteiger partial charge < -0.3 is 10.2 Å². The van der Waals surface area contributed by atoms with E-state index < -0.39 is 28.5 Å². The largest absolute Gasteiger partial charge is 0.352 e. The van der Waals surface area contributed by atoms with Gasteiger partial charge in [-0.3, -0.25) is 13.9 Å². The smallest absolute Gasteiger partial charge is 0.264 e. The average Bonchev–Trinajstić information content (AvgIpc) is 3.55. The van der Waals surface area contributed by atoms with Crippen molar-refractivity contribution in [3.8, 4) is 0 Å². The molecule has 9 heteroatoms. The van der Waals surface area contributed by atoms with Crippen LogP contribution in [0.15, 0.2) is 102 Å². The lowest BCUT2D eigenvalue weighted by atomic mass is 10.0. The molecule has 0 radical (unpaired) electrons. The first kappa shape index (κ1) is 34.2. The number of aryl methyl sites for hydroxylation is 3. The molecule has 1 saturated carbocycles. The van der Waals surface area contributed by atoms with Gasteiger partial charge in [0.2, 0.25) is 11.8 Å². The first-order chi connectivity index (χ1) is 22.5. The molecule has 0 saturated heterocycles. The van der Waals surface area contributed by atoms with Crippen LogP contribution in [0.2, 0.25) is 5.02 Å². The van der Waals surface area contributed by atoms with Crippen molar-refractivity contribution in [1.82, 2.24) is 10.2 Å². The minimum atomic E-state index is -4.17. The van der Waals surface area contributed by atoms with Crippen molar-refractivity contribution in [3.05, 3.63) is 130 Å². The maximum Gasteiger partial charge on any atom is 0.264 e. The third-order valence-electron chi connectivity index (χ3n) is 8.62. The third kappa shape index (κ3) is 8.82. The fraction of sp³-hybridized carbons (Fsp3) is 0.316. The fourth-order valence-corrected chi connectivity index (χ4v) is 7.69. The molecular weight excluding hydrogens is 630 g/mol. The first-order valence-corrected chi connectivity index (χ1v) is 17.9. The van der Waals surface area contributed by atoms with Crippen molar-refractivity contribution in [3.63, 3.8) is 0 Å². The maximum absolute atomic E-state index is 14.7. The second kappa shape index (κ2) is 15.2. The standard InChI is InChI=1S/C38H42ClN3O4S/c1-27-13-19-35(20-14-27)47(45,46)42(34-22-28(2)21-29(3)23-34)26-37(43)41(25-31-15-17-32(39)18-16-31)36(24-30-9-5-4-6-10-30)38(44)40-33-11-7-8-12-33/h4-6,9-10,13-23,33,36H,7-8,11-12,24-26H2,1-3H3,(H,40,44). The zero-order valence-corrected chi connectivity index (χ0v) is 28.7. The van der Waals surface area contributed by atoms with Crippen LogP contribution in [0.25, 0.3) is 0 Å². The van der Waals surface area contributed by atoms with Crippen molar-refractivity contribution in [2.75, 3.05) is 10.8 Å². The van der Waals surface area contributed by atoms with Crippen LogP contribution >= 0.6 is 11.6 Å². The number of carbonyl (C=O) groups is 2. The fourth-order valence-electron chi connectivity index (χ4n) is 6.17. The molecule has 1 aliphatic carbocycles. The normalized spacial score (nSPS) is 14.0. The van der Waals surface area contributed by atoms with Gasteiger partial charge in [0, 0.05) is 24.0 Å². The van der Waals surface area contributed by atoms with Gasteiger partial charge in [0.25, 0.3) is 10.0 Å². The van der Waals surface area contributed by atoms with Crippen LogP contribution in [-0.4, -0.2) is 43.8 Å². The number of sulfonamides is 1. The molecule has 0 spiro atoms. The summed E-state index contributed by atoms with van der Waals surface area (Å²) in [7, 11) is -4.17. The molecular formula is C38H42ClN3O4S. The van der Waals surface area contributed by atoms with E-state index in [0.717, 1.165) is 53.5 Å². The van der Waals surface area contributed by atoms with E-state index in [9.17, 15) is 18.0 Å². The first-order valence-electron chi connectivity index (χ1n) is 16.1. The van der Waals surface area contributed by atoms with Crippen LogP contribution in [-0.2, 0) is 32.6 Å². The Kier molecular flexibility index (Phi) is 11.0. The van der Waals surface area contributed by atoms with Gasteiger partial charge in [0.15, 0.2) is 0 Å². The summed E-state index contributed by atoms with van der Waals surface area (Å²) >= 11 is 6.19. The Hall–Kier alpha value is -4.14. The molecule has 4 aromatic carbocycles. The zero-order chi connectivity index (χ0) is 33.6. The Labute approximate surface area is 283 Å². The summed E-state index contributed by atoms with van der Waals surface area (Å²) in [5, 5.41) is 3.76. The number of rotatable bonds is 12.